The van der Waals surface area contributed by atoms with Gasteiger partial charge in [0.1, 0.15) is 0 Å². The van der Waals surface area contributed by atoms with Crippen LogP contribution < -0.4 is 20.5 Å². The van der Waals surface area contributed by atoms with Gasteiger partial charge in [0.15, 0.2) is 17.3 Å². The Morgan fingerprint density at radius 3 is 2.50 bits per heavy atom. The molecule has 3 N–H and O–H groups in total. The Morgan fingerprint density at radius 1 is 1.25 bits per heavy atom. The van der Waals surface area contributed by atoms with Crippen LogP contribution in [0.4, 0.5) is 17.2 Å². The third-order valence-electron chi connectivity index (χ3n) is 3.14. The molecule has 0 aliphatic rings. The number of nitrogen functional groups attached to an aromatic ring is 1. The smallest absolute Gasteiger partial charge is 0.162 e. The molecule has 108 valence electrons. The number of nitrogens with one attached hydrogen (secondary N) is 1. The maximum Gasteiger partial charge on any atom is 0.162 e. The average Bonchev–Trinajstić information content (AvgIpc) is 2.74. The van der Waals surface area contributed by atoms with Gasteiger partial charge in [-0.3, -0.25) is 4.68 Å². The van der Waals surface area contributed by atoms with Crippen molar-refractivity contribution in [3.05, 3.63) is 23.9 Å². The van der Waals surface area contributed by atoms with E-state index in [4.69, 9.17) is 15.2 Å². The lowest BCUT2D eigenvalue weighted by Crippen LogP contribution is -2.02. The van der Waals surface area contributed by atoms with Gasteiger partial charge in [-0.25, -0.2) is 0 Å². The third kappa shape index (κ3) is 2.49. The number of benzene rings is 1. The van der Waals surface area contributed by atoms with E-state index in [1.807, 2.05) is 32.2 Å². The molecule has 0 aliphatic carbocycles. The number of rotatable bonds is 5. The zero-order valence-electron chi connectivity index (χ0n) is 12.2. The van der Waals surface area contributed by atoms with Crippen LogP contribution in [0.3, 0.4) is 0 Å². The third-order valence-corrected chi connectivity index (χ3v) is 3.14. The lowest BCUT2D eigenvalue weighted by Gasteiger charge is -2.12. The van der Waals surface area contributed by atoms with Crippen LogP contribution in [0.5, 0.6) is 11.5 Å². The number of anilines is 3. The van der Waals surface area contributed by atoms with Gasteiger partial charge in [-0.15, -0.1) is 0 Å². The number of nitrogens with zero attached hydrogens (tertiary/aromatic N) is 2. The maximum atomic E-state index is 6.09. The van der Waals surface area contributed by atoms with Crippen molar-refractivity contribution in [1.82, 2.24) is 9.78 Å². The fraction of sp³-hybridized carbons (Fsp3) is 0.357. The minimum Gasteiger partial charge on any atom is -0.493 e. The molecule has 0 saturated heterocycles. The molecule has 0 fully saturated rings. The van der Waals surface area contributed by atoms with Gasteiger partial charge in [0.2, 0.25) is 0 Å². The van der Waals surface area contributed by atoms with Crippen molar-refractivity contribution in [3.8, 4) is 11.5 Å². The van der Waals surface area contributed by atoms with Gasteiger partial charge in [-0.05, 0) is 18.6 Å². The van der Waals surface area contributed by atoms with Gasteiger partial charge in [0.05, 0.1) is 25.6 Å². The zero-order chi connectivity index (χ0) is 14.7. The molecule has 0 bridgehead atoms. The molecule has 0 atom stereocenters. The fourth-order valence-electron chi connectivity index (χ4n) is 2.06. The summed E-state index contributed by atoms with van der Waals surface area (Å²) < 4.78 is 12.2. The van der Waals surface area contributed by atoms with Gasteiger partial charge in [0, 0.05) is 18.8 Å². The number of methoxy groups -OCH3 is 2. The van der Waals surface area contributed by atoms with Crippen molar-refractivity contribution in [1.29, 1.82) is 0 Å². The molecule has 20 heavy (non-hydrogen) atoms. The van der Waals surface area contributed by atoms with E-state index in [-0.39, 0.29) is 0 Å². The summed E-state index contributed by atoms with van der Waals surface area (Å²) in [5, 5.41) is 7.64. The molecule has 0 unspecified atom stereocenters. The second-order valence-corrected chi connectivity index (χ2v) is 4.38. The molecule has 0 spiro atoms. The largest absolute Gasteiger partial charge is 0.493 e. The normalized spacial score (nSPS) is 10.4. The van der Waals surface area contributed by atoms with Crippen LogP contribution in [0, 0.1) is 0 Å². The second-order valence-electron chi connectivity index (χ2n) is 4.38. The molecule has 6 nitrogen and oxygen atoms in total. The number of nitrogens with two attached hydrogens (primary N) is 1. The summed E-state index contributed by atoms with van der Waals surface area (Å²) in [5.41, 5.74) is 8.50. The van der Waals surface area contributed by atoms with Crippen LogP contribution in [0.15, 0.2) is 18.2 Å². The van der Waals surface area contributed by atoms with E-state index < -0.39 is 0 Å². The Balaban J connectivity index is 2.33. The fourth-order valence-corrected chi connectivity index (χ4v) is 2.06. The molecule has 1 aromatic heterocycles. The molecule has 2 aromatic rings. The Labute approximate surface area is 118 Å². The first-order valence-corrected chi connectivity index (χ1v) is 6.41. The Bertz CT molecular complexity index is 607. The van der Waals surface area contributed by atoms with E-state index in [9.17, 15) is 0 Å². The summed E-state index contributed by atoms with van der Waals surface area (Å²) in [6, 6.07) is 5.60. The number of hydrogen-bond acceptors (Lipinski definition) is 5. The second kappa shape index (κ2) is 5.73. The maximum absolute atomic E-state index is 6.09. The Kier molecular flexibility index (Phi) is 4.02. The minimum absolute atomic E-state index is 0.661. The number of aryl methyl sites for hydroxylation is 2. The molecule has 1 aromatic carbocycles. The Hall–Kier alpha value is -2.37. The van der Waals surface area contributed by atoms with E-state index in [1.165, 1.54) is 0 Å². The van der Waals surface area contributed by atoms with Crippen LogP contribution in [-0.2, 0) is 13.5 Å². The predicted molar refractivity (Wildman–Crippen MR) is 79.8 cm³/mol. The standard InChI is InChI=1S/C14H20N4O2/c1-5-10-13(15)14(18(2)17-10)16-9-6-7-11(19-3)12(8-9)20-4/h6-8,16H,5,15H2,1-4H3. The van der Waals surface area contributed by atoms with Gasteiger partial charge in [0.25, 0.3) is 0 Å². The zero-order valence-corrected chi connectivity index (χ0v) is 12.2. The quantitative estimate of drug-likeness (QED) is 0.876. The van der Waals surface area contributed by atoms with E-state index in [0.29, 0.717) is 17.2 Å². The van der Waals surface area contributed by atoms with Crippen LogP contribution in [0.2, 0.25) is 0 Å². The van der Waals surface area contributed by atoms with Gasteiger partial charge >= 0.3 is 0 Å². The predicted octanol–water partition coefficient (Wildman–Crippen LogP) is 2.33. The van der Waals surface area contributed by atoms with Crippen molar-refractivity contribution in [2.75, 3.05) is 25.3 Å². The van der Waals surface area contributed by atoms with Crippen molar-refractivity contribution < 1.29 is 9.47 Å². The molecule has 0 amide bonds. The lowest BCUT2D eigenvalue weighted by molar-refractivity contribution is 0.355. The number of ether oxygens (including phenoxy) is 2. The van der Waals surface area contributed by atoms with Crippen LogP contribution in [0.1, 0.15) is 12.6 Å². The highest BCUT2D eigenvalue weighted by atomic mass is 16.5. The van der Waals surface area contributed by atoms with Gasteiger partial charge in [-0.1, -0.05) is 6.92 Å². The van der Waals surface area contributed by atoms with Crippen molar-refractivity contribution >= 4 is 17.2 Å². The number of hydrogen-bond donors (Lipinski definition) is 2. The summed E-state index contributed by atoms with van der Waals surface area (Å²) in [4.78, 5) is 0. The minimum atomic E-state index is 0.661. The van der Waals surface area contributed by atoms with E-state index in [0.717, 1.165) is 23.6 Å². The molecule has 2 rings (SSSR count). The first-order valence-electron chi connectivity index (χ1n) is 6.41. The van der Waals surface area contributed by atoms with Gasteiger partial charge in [-0.2, -0.15) is 5.10 Å². The van der Waals surface area contributed by atoms with Crippen LogP contribution in [-0.4, -0.2) is 24.0 Å². The SMILES string of the molecule is CCc1nn(C)c(Nc2ccc(OC)c(OC)c2)c1N. The molecule has 1 heterocycles. The average molecular weight is 276 g/mol. The summed E-state index contributed by atoms with van der Waals surface area (Å²) in [7, 11) is 5.07. The summed E-state index contributed by atoms with van der Waals surface area (Å²) >= 11 is 0. The van der Waals surface area contributed by atoms with Crippen molar-refractivity contribution in [2.24, 2.45) is 7.05 Å². The first-order chi connectivity index (χ1) is 9.60. The lowest BCUT2D eigenvalue weighted by atomic mass is 10.2. The first kappa shape index (κ1) is 14.0. The van der Waals surface area contributed by atoms with E-state index in [1.54, 1.807) is 18.9 Å². The molecular formula is C14H20N4O2. The van der Waals surface area contributed by atoms with Crippen LogP contribution >= 0.6 is 0 Å². The van der Waals surface area contributed by atoms with Crippen molar-refractivity contribution in [2.45, 2.75) is 13.3 Å². The molecule has 0 aliphatic heterocycles. The molecular weight excluding hydrogens is 256 g/mol. The summed E-state index contributed by atoms with van der Waals surface area (Å²) in [6.45, 7) is 2.03. The molecule has 0 saturated carbocycles. The van der Waals surface area contributed by atoms with Crippen LogP contribution in [0.25, 0.3) is 0 Å². The monoisotopic (exact) mass is 276 g/mol. The Morgan fingerprint density at radius 2 is 1.95 bits per heavy atom. The number of aromatic nitrogens is 2. The highest BCUT2D eigenvalue weighted by Gasteiger charge is 2.13. The van der Waals surface area contributed by atoms with Crippen molar-refractivity contribution in [3.63, 3.8) is 0 Å². The topological polar surface area (TPSA) is 74.3 Å². The van der Waals surface area contributed by atoms with Gasteiger partial charge < -0.3 is 20.5 Å². The summed E-state index contributed by atoms with van der Waals surface area (Å²) in [6.07, 6.45) is 0.799. The highest BCUT2D eigenvalue weighted by molar-refractivity contribution is 5.72. The van der Waals surface area contributed by atoms with E-state index >= 15 is 0 Å². The highest BCUT2D eigenvalue weighted by Crippen LogP contribution is 2.32. The summed E-state index contributed by atoms with van der Waals surface area (Å²) in [5.74, 6) is 2.12. The van der Waals surface area contributed by atoms with E-state index in [2.05, 4.69) is 10.4 Å². The molecule has 0 radical (unpaired) electrons. The molecule has 6 heteroatoms.